The highest BCUT2D eigenvalue weighted by molar-refractivity contribution is 5.87. The van der Waals surface area contributed by atoms with Crippen LogP contribution in [0.3, 0.4) is 0 Å². The van der Waals surface area contributed by atoms with Gasteiger partial charge in [0, 0.05) is 5.69 Å². The van der Waals surface area contributed by atoms with Gasteiger partial charge >= 0.3 is 6.03 Å². The van der Waals surface area contributed by atoms with Gasteiger partial charge in [-0.05, 0) is 30.5 Å². The largest absolute Gasteiger partial charge is 0.351 e. The maximum absolute atomic E-state index is 10.7. The summed E-state index contributed by atoms with van der Waals surface area (Å²) in [5.41, 5.74) is 7.16. The molecule has 1 aromatic carbocycles. The zero-order valence-electron chi connectivity index (χ0n) is 12.7. The smallest absolute Gasteiger partial charge is 0.316 e. The summed E-state index contributed by atoms with van der Waals surface area (Å²) in [6.07, 6.45) is 11.9. The van der Waals surface area contributed by atoms with Crippen molar-refractivity contribution >= 4 is 11.7 Å². The highest BCUT2D eigenvalue weighted by Gasteiger charge is 1.97. The average Bonchev–Trinajstić information content (AvgIpc) is 2.43. The molecular formula is C17H28N2O. The second-order valence-corrected chi connectivity index (χ2v) is 5.41. The van der Waals surface area contributed by atoms with E-state index in [4.69, 9.17) is 5.73 Å². The van der Waals surface area contributed by atoms with Crippen LogP contribution < -0.4 is 11.1 Å². The maximum Gasteiger partial charge on any atom is 0.316 e. The number of aryl methyl sites for hydroxylation is 1. The molecule has 0 heterocycles. The Hall–Kier alpha value is -1.51. The van der Waals surface area contributed by atoms with E-state index in [1.807, 2.05) is 12.1 Å². The van der Waals surface area contributed by atoms with E-state index < -0.39 is 6.03 Å². The first-order chi connectivity index (χ1) is 9.72. The quantitative estimate of drug-likeness (QED) is 0.589. The van der Waals surface area contributed by atoms with Crippen molar-refractivity contribution in [2.75, 3.05) is 5.32 Å². The van der Waals surface area contributed by atoms with E-state index in [-0.39, 0.29) is 0 Å². The summed E-state index contributed by atoms with van der Waals surface area (Å²) in [6, 6.07) is 7.43. The number of carbonyl (C=O) groups excluding carboxylic acids is 1. The summed E-state index contributed by atoms with van der Waals surface area (Å²) in [4.78, 5) is 10.7. The number of benzene rings is 1. The van der Waals surface area contributed by atoms with E-state index in [2.05, 4.69) is 24.4 Å². The van der Waals surface area contributed by atoms with Crippen LogP contribution in [-0.4, -0.2) is 6.03 Å². The Bertz CT molecular complexity index is 373. The van der Waals surface area contributed by atoms with Gasteiger partial charge in [-0.1, -0.05) is 64.0 Å². The minimum absolute atomic E-state index is 0.513. The van der Waals surface area contributed by atoms with Crippen LogP contribution in [0.4, 0.5) is 10.5 Å². The third kappa shape index (κ3) is 7.82. The summed E-state index contributed by atoms with van der Waals surface area (Å²) < 4.78 is 0. The van der Waals surface area contributed by atoms with Crippen molar-refractivity contribution in [3.05, 3.63) is 29.8 Å². The molecule has 112 valence electrons. The Kier molecular flexibility index (Phi) is 8.52. The van der Waals surface area contributed by atoms with Gasteiger partial charge < -0.3 is 11.1 Å². The molecule has 0 aliphatic rings. The van der Waals surface area contributed by atoms with E-state index in [0.29, 0.717) is 0 Å². The Labute approximate surface area is 122 Å². The maximum atomic E-state index is 10.7. The molecule has 3 nitrogen and oxygen atoms in total. The molecule has 0 aliphatic carbocycles. The molecule has 3 heteroatoms. The normalized spacial score (nSPS) is 10.4. The number of rotatable bonds is 10. The lowest BCUT2D eigenvalue weighted by atomic mass is 10.0. The van der Waals surface area contributed by atoms with Crippen LogP contribution in [0.15, 0.2) is 24.3 Å². The fourth-order valence-corrected chi connectivity index (χ4v) is 2.36. The van der Waals surface area contributed by atoms with Crippen LogP contribution in [0.2, 0.25) is 0 Å². The monoisotopic (exact) mass is 276 g/mol. The van der Waals surface area contributed by atoms with E-state index in [1.54, 1.807) is 0 Å². The number of hydrogen-bond donors (Lipinski definition) is 2. The van der Waals surface area contributed by atoms with Gasteiger partial charge in [-0.3, -0.25) is 0 Å². The lowest BCUT2D eigenvalue weighted by Gasteiger charge is -2.05. The molecule has 20 heavy (non-hydrogen) atoms. The minimum Gasteiger partial charge on any atom is -0.351 e. The SMILES string of the molecule is CCCCCCCCCCc1ccc(NC(N)=O)cc1. The molecule has 0 unspecified atom stereocenters. The first-order valence-electron chi connectivity index (χ1n) is 7.87. The Morgan fingerprint density at radius 3 is 2.05 bits per heavy atom. The molecule has 0 aromatic heterocycles. The third-order valence-electron chi connectivity index (χ3n) is 3.54. The molecule has 0 radical (unpaired) electrons. The number of urea groups is 1. The van der Waals surface area contributed by atoms with Crippen molar-refractivity contribution in [1.82, 2.24) is 0 Å². The highest BCUT2D eigenvalue weighted by Crippen LogP contribution is 2.13. The zero-order chi connectivity index (χ0) is 14.6. The number of nitrogens with one attached hydrogen (secondary N) is 1. The summed E-state index contributed by atoms with van der Waals surface area (Å²) in [7, 11) is 0. The van der Waals surface area contributed by atoms with Crippen molar-refractivity contribution in [2.45, 2.75) is 64.7 Å². The van der Waals surface area contributed by atoms with Crippen molar-refractivity contribution < 1.29 is 4.79 Å². The van der Waals surface area contributed by atoms with E-state index >= 15 is 0 Å². The Morgan fingerprint density at radius 1 is 0.950 bits per heavy atom. The van der Waals surface area contributed by atoms with Gasteiger partial charge in [0.2, 0.25) is 0 Å². The standard InChI is InChI=1S/C17H28N2O/c1-2-3-4-5-6-7-8-9-10-15-11-13-16(14-12-15)19-17(18)20/h11-14H,2-10H2,1H3,(H3,18,19,20). The first-order valence-corrected chi connectivity index (χ1v) is 7.87. The van der Waals surface area contributed by atoms with Gasteiger partial charge in [0.1, 0.15) is 0 Å². The lowest BCUT2D eigenvalue weighted by Crippen LogP contribution is -2.19. The molecule has 0 saturated carbocycles. The predicted octanol–water partition coefficient (Wildman–Crippen LogP) is 4.86. The van der Waals surface area contributed by atoms with Gasteiger partial charge in [-0.2, -0.15) is 0 Å². The topological polar surface area (TPSA) is 55.1 Å². The summed E-state index contributed by atoms with van der Waals surface area (Å²) in [6.45, 7) is 2.25. The molecule has 2 amide bonds. The summed E-state index contributed by atoms with van der Waals surface area (Å²) in [5, 5.41) is 2.57. The summed E-state index contributed by atoms with van der Waals surface area (Å²) >= 11 is 0. The number of hydrogen-bond acceptors (Lipinski definition) is 1. The van der Waals surface area contributed by atoms with Crippen LogP contribution in [-0.2, 0) is 6.42 Å². The number of primary amides is 1. The fourth-order valence-electron chi connectivity index (χ4n) is 2.36. The molecule has 1 rings (SSSR count). The predicted molar refractivity (Wildman–Crippen MR) is 86.0 cm³/mol. The van der Waals surface area contributed by atoms with Gasteiger partial charge in [-0.15, -0.1) is 0 Å². The highest BCUT2D eigenvalue weighted by atomic mass is 16.2. The number of unbranched alkanes of at least 4 members (excludes halogenated alkanes) is 7. The fraction of sp³-hybridized carbons (Fsp3) is 0.588. The van der Waals surface area contributed by atoms with Gasteiger partial charge in [0.25, 0.3) is 0 Å². The number of anilines is 1. The van der Waals surface area contributed by atoms with E-state index in [1.165, 1.54) is 56.9 Å². The van der Waals surface area contributed by atoms with Crippen LogP contribution in [0.1, 0.15) is 63.9 Å². The van der Waals surface area contributed by atoms with Crippen molar-refractivity contribution in [3.63, 3.8) is 0 Å². The molecule has 0 bridgehead atoms. The molecule has 0 aliphatic heterocycles. The summed E-state index contributed by atoms with van der Waals surface area (Å²) in [5.74, 6) is 0. The van der Waals surface area contributed by atoms with Gasteiger partial charge in [-0.25, -0.2) is 4.79 Å². The molecule has 3 N–H and O–H groups in total. The molecule has 1 aromatic rings. The van der Waals surface area contributed by atoms with Crippen LogP contribution in [0.5, 0.6) is 0 Å². The van der Waals surface area contributed by atoms with Crippen molar-refractivity contribution in [1.29, 1.82) is 0 Å². The number of carbonyl (C=O) groups is 1. The Morgan fingerprint density at radius 2 is 1.50 bits per heavy atom. The van der Waals surface area contributed by atoms with Crippen LogP contribution >= 0.6 is 0 Å². The minimum atomic E-state index is -0.513. The third-order valence-corrected chi connectivity index (χ3v) is 3.54. The van der Waals surface area contributed by atoms with Gasteiger partial charge in [0.15, 0.2) is 0 Å². The zero-order valence-corrected chi connectivity index (χ0v) is 12.7. The van der Waals surface area contributed by atoms with E-state index in [9.17, 15) is 4.79 Å². The second-order valence-electron chi connectivity index (χ2n) is 5.41. The lowest BCUT2D eigenvalue weighted by molar-refractivity contribution is 0.259. The second kappa shape index (κ2) is 10.3. The average molecular weight is 276 g/mol. The van der Waals surface area contributed by atoms with E-state index in [0.717, 1.165) is 12.1 Å². The van der Waals surface area contributed by atoms with Crippen molar-refractivity contribution in [2.24, 2.45) is 5.73 Å². The number of nitrogens with two attached hydrogens (primary N) is 1. The molecule has 0 fully saturated rings. The molecule has 0 spiro atoms. The van der Waals surface area contributed by atoms with Crippen LogP contribution in [0.25, 0.3) is 0 Å². The number of amides is 2. The molecular weight excluding hydrogens is 248 g/mol. The van der Waals surface area contributed by atoms with Gasteiger partial charge in [0.05, 0.1) is 0 Å². The van der Waals surface area contributed by atoms with Crippen molar-refractivity contribution in [3.8, 4) is 0 Å². The Balaban J connectivity index is 2.08. The van der Waals surface area contributed by atoms with Crippen LogP contribution in [0, 0.1) is 0 Å². The molecule has 0 atom stereocenters. The first kappa shape index (κ1) is 16.5. The molecule has 0 saturated heterocycles.